The Kier molecular flexibility index (Phi) is 4.22. The van der Waals surface area contributed by atoms with Crippen LogP contribution in [0.25, 0.3) is 11.1 Å². The highest BCUT2D eigenvalue weighted by Crippen LogP contribution is 2.54. The molecule has 3 aliphatic heterocycles. The average Bonchev–Trinajstić information content (AvgIpc) is 3.68. The summed E-state index contributed by atoms with van der Waals surface area (Å²) in [5.74, 6) is 0.199. The quantitative estimate of drug-likeness (QED) is 0.341. The number of allylic oxidation sites excluding steroid dienone is 11. The van der Waals surface area contributed by atoms with Crippen LogP contribution in [-0.4, -0.2) is 17.1 Å². The van der Waals surface area contributed by atoms with Crippen LogP contribution in [0.5, 0.6) is 0 Å². The molecule has 3 nitrogen and oxygen atoms in total. The van der Waals surface area contributed by atoms with Crippen LogP contribution in [0.4, 0.5) is 11.4 Å². The normalized spacial score (nSPS) is 22.9. The molecule has 3 aromatic rings. The maximum absolute atomic E-state index is 5.45. The van der Waals surface area contributed by atoms with Gasteiger partial charge in [0.05, 0.1) is 34.2 Å². The molecule has 3 heteroatoms. The van der Waals surface area contributed by atoms with Crippen molar-refractivity contribution < 1.29 is 0 Å². The Hall–Kier alpha value is -4.89. The summed E-state index contributed by atoms with van der Waals surface area (Å²) in [6.45, 7) is 0. The van der Waals surface area contributed by atoms with Gasteiger partial charge in [0.2, 0.25) is 0 Å². The van der Waals surface area contributed by atoms with Crippen molar-refractivity contribution in [1.29, 1.82) is 0 Å². The van der Waals surface area contributed by atoms with Crippen molar-refractivity contribution >= 4 is 39.7 Å². The summed E-state index contributed by atoms with van der Waals surface area (Å²) in [7, 11) is 0. The lowest BCUT2D eigenvalue weighted by atomic mass is 9.74. The molecule has 3 aliphatic carbocycles. The van der Waals surface area contributed by atoms with Crippen LogP contribution >= 0.6 is 0 Å². The van der Waals surface area contributed by atoms with Gasteiger partial charge in [0, 0.05) is 51.7 Å². The molecule has 0 amide bonds. The van der Waals surface area contributed by atoms with Crippen molar-refractivity contribution in [3.8, 4) is 0 Å². The van der Waals surface area contributed by atoms with Crippen LogP contribution in [0.2, 0.25) is 0 Å². The summed E-state index contributed by atoms with van der Waals surface area (Å²) in [6, 6.07) is 25.9. The smallest absolute Gasteiger partial charge is 0.0817 e. The van der Waals surface area contributed by atoms with Crippen molar-refractivity contribution in [3.05, 3.63) is 154 Å². The highest BCUT2D eigenvalue weighted by atomic mass is 14.9. The van der Waals surface area contributed by atoms with Gasteiger partial charge in [-0.3, -0.25) is 9.98 Å². The molecular weight excluding hydrogens is 474 g/mol. The summed E-state index contributed by atoms with van der Waals surface area (Å²) in [5, 5.41) is 0. The van der Waals surface area contributed by atoms with E-state index in [0.29, 0.717) is 0 Å². The van der Waals surface area contributed by atoms with Gasteiger partial charge in [-0.2, -0.15) is 0 Å². The molecule has 0 N–H and O–H groups in total. The van der Waals surface area contributed by atoms with Gasteiger partial charge < -0.3 is 0 Å². The lowest BCUT2D eigenvalue weighted by Gasteiger charge is -2.26. The van der Waals surface area contributed by atoms with Gasteiger partial charge in [-0.15, -0.1) is 0 Å². The second-order valence-corrected chi connectivity index (χ2v) is 10.7. The number of fused-ring (bicyclic) bond motifs is 10. The van der Waals surface area contributed by atoms with Gasteiger partial charge in [-0.25, -0.2) is 4.99 Å². The molecule has 0 aromatic heterocycles. The van der Waals surface area contributed by atoms with E-state index in [1.807, 2.05) is 0 Å². The Morgan fingerprint density at radius 2 is 1.49 bits per heavy atom. The van der Waals surface area contributed by atoms with Crippen molar-refractivity contribution in [2.24, 2.45) is 15.0 Å². The minimum Gasteiger partial charge on any atom is -0.252 e. The number of aliphatic imine (C=N–C) groups is 3. The van der Waals surface area contributed by atoms with E-state index in [1.165, 1.54) is 44.5 Å². The van der Waals surface area contributed by atoms with E-state index in [2.05, 4.69) is 115 Å². The zero-order valence-corrected chi connectivity index (χ0v) is 21.2. The first-order chi connectivity index (χ1) is 19.3. The highest BCUT2D eigenvalue weighted by Gasteiger charge is 2.43. The van der Waals surface area contributed by atoms with Gasteiger partial charge >= 0.3 is 0 Å². The molecule has 0 spiro atoms. The van der Waals surface area contributed by atoms with Gasteiger partial charge in [0.1, 0.15) is 0 Å². The largest absolute Gasteiger partial charge is 0.252 e. The summed E-state index contributed by atoms with van der Waals surface area (Å²) < 4.78 is 0. The molecule has 2 atom stereocenters. The molecule has 0 saturated heterocycles. The fraction of sp³-hybridized carbons (Fsp3) is 0.0833. The summed E-state index contributed by atoms with van der Waals surface area (Å²) in [4.78, 5) is 15.7. The molecule has 3 aromatic carbocycles. The summed E-state index contributed by atoms with van der Waals surface area (Å²) in [6.07, 6.45) is 16.4. The lowest BCUT2D eigenvalue weighted by Crippen LogP contribution is -2.24. The van der Waals surface area contributed by atoms with Crippen LogP contribution in [0, 0.1) is 0 Å². The van der Waals surface area contributed by atoms with E-state index < -0.39 is 0 Å². The highest BCUT2D eigenvalue weighted by molar-refractivity contribution is 6.49. The van der Waals surface area contributed by atoms with Gasteiger partial charge in [0.25, 0.3) is 0 Å². The molecule has 9 rings (SSSR count). The van der Waals surface area contributed by atoms with Crippen LogP contribution in [0.1, 0.15) is 40.5 Å². The Balaban J connectivity index is 1.32. The standard InChI is InChI=1S/C36H23N3/c1-3-10-21(11-4-1)23-15-9-17-29-31(23)33-35(38-29)26(22-12-5-2-6-13-22)20-27-24-18-19-30-32(34(24)39-36(27)33)25-14-7-8-16-28(25)37-30/h1-15,17-20,23,26H,16H2. The maximum atomic E-state index is 5.45. The van der Waals surface area contributed by atoms with Crippen LogP contribution < -0.4 is 0 Å². The van der Waals surface area contributed by atoms with Crippen LogP contribution in [0.3, 0.4) is 0 Å². The average molecular weight is 498 g/mol. The zero-order valence-electron chi connectivity index (χ0n) is 21.2. The molecule has 0 bridgehead atoms. The number of nitrogens with zero attached hydrogens (tertiary/aromatic N) is 3. The van der Waals surface area contributed by atoms with Gasteiger partial charge in [0.15, 0.2) is 0 Å². The summed E-state index contributed by atoms with van der Waals surface area (Å²) >= 11 is 0. The second kappa shape index (κ2) is 7.81. The molecule has 3 heterocycles. The van der Waals surface area contributed by atoms with Crippen molar-refractivity contribution in [3.63, 3.8) is 0 Å². The van der Waals surface area contributed by atoms with Crippen LogP contribution in [0.15, 0.2) is 147 Å². The fourth-order valence-electron chi connectivity index (χ4n) is 6.84. The van der Waals surface area contributed by atoms with Crippen molar-refractivity contribution in [1.82, 2.24) is 0 Å². The monoisotopic (exact) mass is 497 g/mol. The molecule has 2 unspecified atom stereocenters. The number of benzene rings is 3. The Labute approximate surface area is 227 Å². The van der Waals surface area contributed by atoms with E-state index in [4.69, 9.17) is 15.0 Å². The second-order valence-electron chi connectivity index (χ2n) is 10.7. The van der Waals surface area contributed by atoms with Gasteiger partial charge in [-0.05, 0) is 29.3 Å². The first-order valence-corrected chi connectivity index (χ1v) is 13.6. The Morgan fingerprint density at radius 3 is 2.31 bits per heavy atom. The third-order valence-corrected chi connectivity index (χ3v) is 8.56. The van der Waals surface area contributed by atoms with Crippen LogP contribution in [-0.2, 0) is 0 Å². The Bertz CT molecular complexity index is 1900. The van der Waals surface area contributed by atoms with E-state index >= 15 is 0 Å². The number of rotatable bonds is 2. The van der Waals surface area contributed by atoms with E-state index in [-0.39, 0.29) is 11.8 Å². The van der Waals surface area contributed by atoms with E-state index in [9.17, 15) is 0 Å². The predicted octanol–water partition coefficient (Wildman–Crippen LogP) is 8.37. The van der Waals surface area contributed by atoms with Crippen molar-refractivity contribution in [2.45, 2.75) is 18.3 Å². The molecule has 0 radical (unpaired) electrons. The lowest BCUT2D eigenvalue weighted by molar-refractivity contribution is 0.984. The first kappa shape index (κ1) is 21.1. The topological polar surface area (TPSA) is 37.1 Å². The van der Waals surface area contributed by atoms with E-state index in [1.54, 1.807) is 0 Å². The first-order valence-electron chi connectivity index (χ1n) is 13.6. The number of hydrogen-bond donors (Lipinski definition) is 0. The van der Waals surface area contributed by atoms with Gasteiger partial charge in [-0.1, -0.05) is 97.1 Å². The maximum Gasteiger partial charge on any atom is 0.0817 e. The third kappa shape index (κ3) is 2.90. The Morgan fingerprint density at radius 1 is 0.692 bits per heavy atom. The molecule has 39 heavy (non-hydrogen) atoms. The fourth-order valence-corrected chi connectivity index (χ4v) is 6.84. The molecule has 6 aliphatic rings. The molecule has 0 saturated carbocycles. The third-order valence-electron chi connectivity index (χ3n) is 8.56. The molecular formula is C36H23N3. The summed E-state index contributed by atoms with van der Waals surface area (Å²) in [5.41, 5.74) is 16.2. The minimum atomic E-state index is 0.0634. The van der Waals surface area contributed by atoms with E-state index in [0.717, 1.165) is 40.6 Å². The van der Waals surface area contributed by atoms with Crippen molar-refractivity contribution in [2.75, 3.05) is 0 Å². The molecule has 182 valence electrons. The SMILES string of the molecule is C1=CCC2=Nc3ccc4c(c3C2=C1)N=C1C4=CC(c2ccccc2)C2=NC3=CC=CC(c4ccccc4)C3=C12. The zero-order chi connectivity index (χ0) is 25.5. The number of hydrogen-bond acceptors (Lipinski definition) is 3. The minimum absolute atomic E-state index is 0.0634. The predicted molar refractivity (Wildman–Crippen MR) is 160 cm³/mol. The molecule has 0 fully saturated rings.